The second-order valence-corrected chi connectivity index (χ2v) is 4.20. The van der Waals surface area contributed by atoms with Crippen molar-refractivity contribution < 1.29 is 18.6 Å². The summed E-state index contributed by atoms with van der Waals surface area (Å²) >= 11 is 0. The van der Waals surface area contributed by atoms with Crippen LogP contribution in [0.25, 0.3) is 0 Å². The number of hydrogen-bond acceptors (Lipinski definition) is 4. The summed E-state index contributed by atoms with van der Waals surface area (Å²) in [5.41, 5.74) is 0.721. The van der Waals surface area contributed by atoms with Crippen LogP contribution in [0.2, 0.25) is 0 Å². The van der Waals surface area contributed by atoms with E-state index in [2.05, 4.69) is 0 Å². The second-order valence-electron chi connectivity index (χ2n) is 4.20. The zero-order chi connectivity index (χ0) is 15.2. The first-order valence-corrected chi connectivity index (χ1v) is 6.22. The molecule has 5 heteroatoms. The maximum absolute atomic E-state index is 13.5. The van der Waals surface area contributed by atoms with E-state index in [9.17, 15) is 4.39 Å². The minimum atomic E-state index is -0.595. The summed E-state index contributed by atoms with van der Waals surface area (Å²) in [7, 11) is 3.10. The van der Waals surface area contributed by atoms with Crippen LogP contribution in [0.4, 0.5) is 4.39 Å². The number of benzene rings is 2. The van der Waals surface area contributed by atoms with Crippen LogP contribution in [0.15, 0.2) is 36.4 Å². The van der Waals surface area contributed by atoms with Crippen molar-refractivity contribution in [1.82, 2.24) is 0 Å². The summed E-state index contributed by atoms with van der Waals surface area (Å²) in [6, 6.07) is 11.4. The summed E-state index contributed by atoms with van der Waals surface area (Å²) in [5.74, 6) is 0.817. The van der Waals surface area contributed by atoms with Crippen molar-refractivity contribution in [2.75, 3.05) is 14.2 Å². The average Bonchev–Trinajstić information content (AvgIpc) is 2.52. The molecule has 0 saturated heterocycles. The number of nitriles is 1. The van der Waals surface area contributed by atoms with E-state index in [-0.39, 0.29) is 17.9 Å². The molecule has 21 heavy (non-hydrogen) atoms. The normalized spacial score (nSPS) is 9.81. The van der Waals surface area contributed by atoms with Gasteiger partial charge in [0, 0.05) is 0 Å². The lowest BCUT2D eigenvalue weighted by Crippen LogP contribution is -2.00. The standard InChI is InChI=1S/C16H14FNO3/c1-19-15-7-6-11(8-16(15)20-2)10-21-14-5-3-4-13(17)12(14)9-18/h3-8H,10H2,1-2H3. The number of rotatable bonds is 5. The van der Waals surface area contributed by atoms with Crippen LogP contribution in [0.3, 0.4) is 0 Å². The lowest BCUT2D eigenvalue weighted by atomic mass is 10.2. The van der Waals surface area contributed by atoms with Crippen LogP contribution in [0.5, 0.6) is 17.2 Å². The highest BCUT2D eigenvalue weighted by Crippen LogP contribution is 2.28. The van der Waals surface area contributed by atoms with Gasteiger partial charge in [-0.1, -0.05) is 12.1 Å². The van der Waals surface area contributed by atoms with Gasteiger partial charge >= 0.3 is 0 Å². The number of nitrogens with zero attached hydrogens (tertiary/aromatic N) is 1. The van der Waals surface area contributed by atoms with E-state index in [0.717, 1.165) is 5.56 Å². The summed E-state index contributed by atoms with van der Waals surface area (Å²) in [5, 5.41) is 8.94. The van der Waals surface area contributed by atoms with E-state index in [0.29, 0.717) is 11.5 Å². The van der Waals surface area contributed by atoms with E-state index in [1.54, 1.807) is 38.5 Å². The molecule has 0 radical (unpaired) electrons. The van der Waals surface area contributed by atoms with Crippen molar-refractivity contribution >= 4 is 0 Å². The summed E-state index contributed by atoms with van der Waals surface area (Å²) in [6.07, 6.45) is 0. The SMILES string of the molecule is COc1ccc(COc2cccc(F)c2C#N)cc1OC. The molecule has 0 saturated carbocycles. The number of methoxy groups -OCH3 is 2. The van der Waals surface area contributed by atoms with Crippen molar-refractivity contribution in [2.24, 2.45) is 0 Å². The molecule has 0 fully saturated rings. The molecular weight excluding hydrogens is 273 g/mol. The predicted octanol–water partition coefficient (Wildman–Crippen LogP) is 3.29. The topological polar surface area (TPSA) is 51.5 Å². The molecule has 4 nitrogen and oxygen atoms in total. The summed E-state index contributed by atoms with van der Waals surface area (Å²) in [4.78, 5) is 0. The van der Waals surface area contributed by atoms with Gasteiger partial charge in [0.05, 0.1) is 14.2 Å². The Kier molecular flexibility index (Phi) is 4.62. The summed E-state index contributed by atoms with van der Waals surface area (Å²) < 4.78 is 29.3. The van der Waals surface area contributed by atoms with Crippen LogP contribution in [-0.4, -0.2) is 14.2 Å². The van der Waals surface area contributed by atoms with Gasteiger partial charge in [0.15, 0.2) is 11.5 Å². The van der Waals surface area contributed by atoms with E-state index in [1.165, 1.54) is 12.1 Å². The van der Waals surface area contributed by atoms with Gasteiger partial charge in [0.25, 0.3) is 0 Å². The number of ether oxygens (including phenoxy) is 3. The Morgan fingerprint density at radius 3 is 2.48 bits per heavy atom. The maximum Gasteiger partial charge on any atom is 0.161 e. The lowest BCUT2D eigenvalue weighted by molar-refractivity contribution is 0.301. The van der Waals surface area contributed by atoms with Crippen LogP contribution >= 0.6 is 0 Å². The molecule has 0 N–H and O–H groups in total. The average molecular weight is 287 g/mol. The zero-order valence-electron chi connectivity index (χ0n) is 11.7. The molecule has 2 aromatic rings. The van der Waals surface area contributed by atoms with Gasteiger partial charge in [-0.2, -0.15) is 5.26 Å². The molecule has 0 spiro atoms. The molecule has 0 aliphatic rings. The Balaban J connectivity index is 2.17. The van der Waals surface area contributed by atoms with Crippen molar-refractivity contribution in [2.45, 2.75) is 6.61 Å². The minimum absolute atomic E-state index is 0.0991. The largest absolute Gasteiger partial charge is 0.493 e. The Hall–Kier alpha value is -2.74. The Morgan fingerprint density at radius 1 is 1.05 bits per heavy atom. The molecule has 2 rings (SSSR count). The molecule has 0 aliphatic heterocycles. The predicted molar refractivity (Wildman–Crippen MR) is 75.0 cm³/mol. The second kappa shape index (κ2) is 6.62. The zero-order valence-corrected chi connectivity index (χ0v) is 11.7. The van der Waals surface area contributed by atoms with Crippen molar-refractivity contribution in [3.8, 4) is 23.3 Å². The molecule has 0 aliphatic carbocycles. The van der Waals surface area contributed by atoms with Crippen LogP contribution in [0.1, 0.15) is 11.1 Å². The van der Waals surface area contributed by atoms with E-state index >= 15 is 0 Å². The fourth-order valence-electron chi connectivity index (χ4n) is 1.86. The van der Waals surface area contributed by atoms with Crippen LogP contribution in [-0.2, 0) is 6.61 Å². The van der Waals surface area contributed by atoms with Gasteiger partial charge in [0.2, 0.25) is 0 Å². The Labute approximate surface area is 122 Å². The summed E-state index contributed by atoms with van der Waals surface area (Å²) in [6.45, 7) is 0.193. The highest BCUT2D eigenvalue weighted by molar-refractivity contribution is 5.45. The van der Waals surface area contributed by atoms with Gasteiger partial charge in [-0.3, -0.25) is 0 Å². The van der Waals surface area contributed by atoms with E-state index < -0.39 is 5.82 Å². The smallest absolute Gasteiger partial charge is 0.161 e. The first-order valence-electron chi connectivity index (χ1n) is 6.22. The molecule has 0 heterocycles. The third-order valence-corrected chi connectivity index (χ3v) is 2.93. The molecule has 0 bridgehead atoms. The maximum atomic E-state index is 13.5. The Bertz CT molecular complexity index is 680. The fraction of sp³-hybridized carbons (Fsp3) is 0.188. The van der Waals surface area contributed by atoms with E-state index in [4.69, 9.17) is 19.5 Å². The van der Waals surface area contributed by atoms with Crippen molar-refractivity contribution in [1.29, 1.82) is 5.26 Å². The van der Waals surface area contributed by atoms with Crippen molar-refractivity contribution in [3.63, 3.8) is 0 Å². The first kappa shape index (κ1) is 14.7. The van der Waals surface area contributed by atoms with Gasteiger partial charge < -0.3 is 14.2 Å². The number of hydrogen-bond donors (Lipinski definition) is 0. The molecule has 0 amide bonds. The third kappa shape index (κ3) is 3.23. The van der Waals surface area contributed by atoms with Gasteiger partial charge in [-0.05, 0) is 29.8 Å². The molecule has 2 aromatic carbocycles. The molecular formula is C16H14FNO3. The molecule has 108 valence electrons. The van der Waals surface area contributed by atoms with Gasteiger partial charge in [-0.25, -0.2) is 4.39 Å². The van der Waals surface area contributed by atoms with E-state index in [1.807, 2.05) is 6.07 Å². The molecule has 0 aromatic heterocycles. The molecule has 0 unspecified atom stereocenters. The monoisotopic (exact) mass is 287 g/mol. The van der Waals surface area contributed by atoms with Crippen molar-refractivity contribution in [3.05, 3.63) is 53.3 Å². The molecule has 0 atom stereocenters. The van der Waals surface area contributed by atoms with Gasteiger partial charge in [-0.15, -0.1) is 0 Å². The quantitative estimate of drug-likeness (QED) is 0.846. The Morgan fingerprint density at radius 2 is 1.81 bits per heavy atom. The third-order valence-electron chi connectivity index (χ3n) is 2.93. The fourth-order valence-corrected chi connectivity index (χ4v) is 1.86. The first-order chi connectivity index (χ1) is 10.2. The lowest BCUT2D eigenvalue weighted by Gasteiger charge is -2.11. The highest BCUT2D eigenvalue weighted by atomic mass is 19.1. The highest BCUT2D eigenvalue weighted by Gasteiger charge is 2.10. The van der Waals surface area contributed by atoms with Crippen LogP contribution < -0.4 is 14.2 Å². The number of halogens is 1. The van der Waals surface area contributed by atoms with Crippen LogP contribution in [0, 0.1) is 17.1 Å². The minimum Gasteiger partial charge on any atom is -0.493 e. The van der Waals surface area contributed by atoms with Gasteiger partial charge in [0.1, 0.15) is 29.8 Å².